The van der Waals surface area contributed by atoms with Crippen molar-refractivity contribution in [2.45, 2.75) is 25.8 Å². The van der Waals surface area contributed by atoms with Gasteiger partial charge in [-0.05, 0) is 73.5 Å². The van der Waals surface area contributed by atoms with Crippen molar-refractivity contribution in [1.29, 1.82) is 5.26 Å². The van der Waals surface area contributed by atoms with Crippen LogP contribution < -0.4 is 30.3 Å². The summed E-state index contributed by atoms with van der Waals surface area (Å²) in [7, 11) is 1.50. The molecule has 0 spiro atoms. The summed E-state index contributed by atoms with van der Waals surface area (Å²) < 4.78 is 40.4. The normalized spacial score (nSPS) is 14.6. The Morgan fingerprint density at radius 1 is 0.815 bits per heavy atom. The van der Waals surface area contributed by atoms with Gasteiger partial charge in [-0.2, -0.15) is 5.26 Å². The Balaban J connectivity index is 0.825. The van der Waals surface area contributed by atoms with E-state index in [1.165, 1.54) is 25.2 Å². The maximum absolute atomic E-state index is 13.5. The van der Waals surface area contributed by atoms with Crippen molar-refractivity contribution in [3.63, 3.8) is 0 Å². The van der Waals surface area contributed by atoms with Crippen LogP contribution >= 0.6 is 11.6 Å². The third kappa shape index (κ3) is 10.5. The van der Waals surface area contributed by atoms with Crippen LogP contribution in [-0.2, 0) is 23.8 Å². The molecule has 1 fully saturated rings. The van der Waals surface area contributed by atoms with Gasteiger partial charge in [-0.3, -0.25) is 39.0 Å². The molecule has 4 aromatic carbocycles. The molecule has 1 saturated heterocycles. The Labute approximate surface area is 377 Å². The van der Waals surface area contributed by atoms with Crippen LogP contribution in [-0.4, -0.2) is 107 Å². The molecule has 1 unspecified atom stereocenters. The topological polar surface area (TPSA) is 222 Å². The number of nitrogens with zero attached hydrogens (tertiary/aromatic N) is 2. The Bertz CT molecular complexity index is 2770. The van der Waals surface area contributed by atoms with Gasteiger partial charge in [-0.1, -0.05) is 17.7 Å². The van der Waals surface area contributed by atoms with Crippen LogP contribution in [0.4, 0.5) is 0 Å². The van der Waals surface area contributed by atoms with Gasteiger partial charge >= 0.3 is 0 Å². The van der Waals surface area contributed by atoms with Crippen LogP contribution in [0.3, 0.4) is 0 Å². The number of piperidine rings is 1. The summed E-state index contributed by atoms with van der Waals surface area (Å²) in [5.41, 5.74) is 2.19. The van der Waals surface area contributed by atoms with Crippen LogP contribution in [0, 0.1) is 11.3 Å². The molecule has 1 atom stereocenters. The minimum Gasteiger partial charge on any atom is -0.493 e. The number of hydrogen-bond acceptors (Lipinski definition) is 14. The first-order valence-corrected chi connectivity index (χ1v) is 21.0. The highest BCUT2D eigenvalue weighted by Crippen LogP contribution is 2.38. The zero-order valence-corrected chi connectivity index (χ0v) is 36.1. The number of amides is 5. The van der Waals surface area contributed by atoms with Crippen LogP contribution in [0.15, 0.2) is 82.0 Å². The Morgan fingerprint density at radius 2 is 1.54 bits per heavy atom. The summed E-state index contributed by atoms with van der Waals surface area (Å²) in [5, 5.41) is 14.9. The molecule has 1 aromatic heterocycles. The lowest BCUT2D eigenvalue weighted by atomic mass is 9.97. The molecule has 18 heteroatoms. The van der Waals surface area contributed by atoms with Crippen molar-refractivity contribution in [3.8, 4) is 45.8 Å². The minimum atomic E-state index is -1.07. The first-order valence-electron chi connectivity index (χ1n) is 20.7. The van der Waals surface area contributed by atoms with E-state index in [0.717, 1.165) is 4.90 Å². The second-order valence-electron chi connectivity index (χ2n) is 14.5. The van der Waals surface area contributed by atoms with E-state index in [-0.39, 0.29) is 102 Å². The molecule has 7 rings (SSSR count). The first-order chi connectivity index (χ1) is 31.5. The zero-order valence-electron chi connectivity index (χ0n) is 35.4. The molecule has 2 aliphatic rings. The number of hydrogen-bond donors (Lipinski definition) is 2. The quantitative estimate of drug-likeness (QED) is 0.0746. The second kappa shape index (κ2) is 21.1. The lowest BCUT2D eigenvalue weighted by molar-refractivity contribution is -0.136. The summed E-state index contributed by atoms with van der Waals surface area (Å²) in [6.45, 7) is 4.09. The monoisotopic (exact) mass is 906 g/mol. The SMILES string of the molecule is CCOc1cc2oc(-c3ccc(OCCOCCOCCOCCOc4cccc5c4C(=O)N(C4CCC(=O)NC4=O)C5=O)cc3Cl)cc(=O)c2cc1-c1cc(C#N)cc(C(=O)NC)c1. The van der Waals surface area contributed by atoms with Gasteiger partial charge in [0.2, 0.25) is 11.8 Å². The number of rotatable bonds is 20. The third-order valence-corrected chi connectivity index (χ3v) is 10.7. The van der Waals surface area contributed by atoms with Gasteiger partial charge in [0, 0.05) is 42.3 Å². The van der Waals surface area contributed by atoms with Gasteiger partial charge in [-0.25, -0.2) is 0 Å². The number of halogens is 1. The fourth-order valence-electron chi connectivity index (χ4n) is 7.30. The Morgan fingerprint density at radius 3 is 2.22 bits per heavy atom. The molecule has 2 aliphatic heterocycles. The Hall–Kier alpha value is -7.10. The number of imide groups is 2. The molecule has 2 N–H and O–H groups in total. The maximum atomic E-state index is 13.5. The molecule has 3 heterocycles. The van der Waals surface area contributed by atoms with E-state index in [4.69, 9.17) is 44.4 Å². The van der Waals surface area contributed by atoms with Crippen LogP contribution in [0.2, 0.25) is 5.02 Å². The van der Waals surface area contributed by atoms with E-state index in [1.54, 1.807) is 54.6 Å². The van der Waals surface area contributed by atoms with E-state index in [9.17, 15) is 34.0 Å². The number of fused-ring (bicyclic) bond motifs is 2. The average molecular weight is 907 g/mol. The number of benzene rings is 4. The number of carbonyl (C=O) groups is 5. The van der Waals surface area contributed by atoms with Crippen molar-refractivity contribution >= 4 is 52.1 Å². The number of carbonyl (C=O) groups excluding carboxylic acids is 5. The first kappa shape index (κ1) is 45.9. The average Bonchev–Trinajstić information content (AvgIpc) is 3.55. The fourth-order valence-corrected chi connectivity index (χ4v) is 7.56. The summed E-state index contributed by atoms with van der Waals surface area (Å²) in [6.07, 6.45) is 0.0894. The summed E-state index contributed by atoms with van der Waals surface area (Å²) in [6, 6.07) is 20.0. The highest BCUT2D eigenvalue weighted by Gasteiger charge is 2.46. The molecule has 5 aromatic rings. The number of nitrogens with one attached hydrogen (secondary N) is 2. The van der Waals surface area contributed by atoms with Gasteiger partial charge in [0.25, 0.3) is 17.7 Å². The number of nitriles is 1. The molecule has 0 radical (unpaired) electrons. The summed E-state index contributed by atoms with van der Waals surface area (Å²) in [4.78, 5) is 76.9. The molecular formula is C47H43ClN4O13. The molecule has 0 bridgehead atoms. The molecule has 336 valence electrons. The predicted molar refractivity (Wildman–Crippen MR) is 234 cm³/mol. The Kier molecular flexibility index (Phi) is 14.9. The van der Waals surface area contributed by atoms with Crippen molar-refractivity contribution in [1.82, 2.24) is 15.5 Å². The minimum absolute atomic E-state index is 0.0289. The molecule has 0 saturated carbocycles. The van der Waals surface area contributed by atoms with Crippen molar-refractivity contribution in [2.24, 2.45) is 0 Å². The molecule has 65 heavy (non-hydrogen) atoms. The van der Waals surface area contributed by atoms with Crippen molar-refractivity contribution in [2.75, 3.05) is 66.5 Å². The molecule has 5 amide bonds. The second-order valence-corrected chi connectivity index (χ2v) is 15.0. The summed E-state index contributed by atoms with van der Waals surface area (Å²) in [5.74, 6) is -1.44. The van der Waals surface area contributed by atoms with Crippen molar-refractivity contribution < 1.29 is 56.8 Å². The van der Waals surface area contributed by atoms with Gasteiger partial charge in [0.05, 0.1) is 79.4 Å². The molecular weight excluding hydrogens is 864 g/mol. The smallest absolute Gasteiger partial charge is 0.266 e. The maximum Gasteiger partial charge on any atom is 0.266 e. The highest BCUT2D eigenvalue weighted by molar-refractivity contribution is 6.33. The summed E-state index contributed by atoms with van der Waals surface area (Å²) >= 11 is 6.65. The van der Waals surface area contributed by atoms with E-state index in [0.29, 0.717) is 59.6 Å². The fraction of sp³-hybridized carbons (Fsp3) is 0.298. The standard InChI is InChI=1S/C47H43ClN4O13/c1-3-62-39-25-41-34(23-33(39)28-19-27(26-49)20-29(21-28)44(55)50-2)37(53)24-40(65-41)31-8-7-30(22-35(31)48)63-17-15-60-13-11-59-12-14-61-16-18-64-38-6-4-5-32-43(38)47(58)52(46(32)57)36-9-10-42(54)51-45(36)56/h4-8,19-25,36H,3,9-18H2,1-2H3,(H,50,55)(H,51,54,56). The highest BCUT2D eigenvalue weighted by atomic mass is 35.5. The van der Waals surface area contributed by atoms with Crippen LogP contribution in [0.5, 0.6) is 17.2 Å². The number of ether oxygens (including phenoxy) is 6. The van der Waals surface area contributed by atoms with Gasteiger partial charge in [-0.15, -0.1) is 0 Å². The molecule has 17 nitrogen and oxygen atoms in total. The van der Waals surface area contributed by atoms with Gasteiger partial charge in [0.15, 0.2) is 5.43 Å². The zero-order chi connectivity index (χ0) is 46.0. The predicted octanol–water partition coefficient (Wildman–Crippen LogP) is 5.32. The van der Waals surface area contributed by atoms with Crippen LogP contribution in [0.1, 0.15) is 56.4 Å². The van der Waals surface area contributed by atoms with Gasteiger partial charge < -0.3 is 38.2 Å². The molecule has 0 aliphatic carbocycles. The van der Waals surface area contributed by atoms with E-state index in [1.807, 2.05) is 6.92 Å². The lowest BCUT2D eigenvalue weighted by Gasteiger charge is -2.27. The van der Waals surface area contributed by atoms with Gasteiger partial charge in [0.1, 0.15) is 47.8 Å². The van der Waals surface area contributed by atoms with E-state index >= 15 is 0 Å². The largest absolute Gasteiger partial charge is 0.493 e. The van der Waals surface area contributed by atoms with Crippen molar-refractivity contribution in [3.05, 3.63) is 110 Å². The van der Waals surface area contributed by atoms with Crippen LogP contribution in [0.25, 0.3) is 33.4 Å². The third-order valence-electron chi connectivity index (χ3n) is 10.4. The van der Waals surface area contributed by atoms with E-state index < -0.39 is 29.7 Å². The lowest BCUT2D eigenvalue weighted by Crippen LogP contribution is -2.54. The van der Waals surface area contributed by atoms with E-state index in [2.05, 4.69) is 16.7 Å².